The van der Waals surface area contributed by atoms with Crippen LogP contribution in [0.3, 0.4) is 0 Å². The number of aromatic nitrogens is 2. The Morgan fingerprint density at radius 3 is 2.89 bits per heavy atom. The van der Waals surface area contributed by atoms with Gasteiger partial charge in [0, 0.05) is 29.9 Å². The lowest BCUT2D eigenvalue weighted by Gasteiger charge is -2.34. The summed E-state index contributed by atoms with van der Waals surface area (Å²) in [5.74, 6) is 0.971. The summed E-state index contributed by atoms with van der Waals surface area (Å²) in [6, 6.07) is 7.28. The highest BCUT2D eigenvalue weighted by atomic mass is 35.5. The number of ether oxygens (including phenoxy) is 4. The monoisotopic (exact) mass is 526 g/mol. The van der Waals surface area contributed by atoms with E-state index >= 15 is 0 Å². The van der Waals surface area contributed by atoms with Crippen molar-refractivity contribution in [3.63, 3.8) is 0 Å². The van der Waals surface area contributed by atoms with Crippen LogP contribution in [0, 0.1) is 0 Å². The number of nitrogens with zero attached hydrogens (tertiary/aromatic N) is 1. The molecule has 1 aromatic carbocycles. The topological polar surface area (TPSA) is 107 Å². The molecular weight excluding hydrogens is 496 g/mol. The summed E-state index contributed by atoms with van der Waals surface area (Å²) in [7, 11) is 1.56. The highest BCUT2D eigenvalue weighted by molar-refractivity contribution is 6.32. The number of H-pyrrole nitrogens is 1. The molecule has 1 amide bonds. The van der Waals surface area contributed by atoms with Gasteiger partial charge in [0.1, 0.15) is 18.5 Å². The molecule has 37 heavy (non-hydrogen) atoms. The summed E-state index contributed by atoms with van der Waals surface area (Å²) in [6.07, 6.45) is 3.16. The van der Waals surface area contributed by atoms with E-state index in [9.17, 15) is 4.79 Å². The number of rotatable bonds is 7. The van der Waals surface area contributed by atoms with Gasteiger partial charge in [-0.25, -0.2) is 0 Å². The molecule has 4 heterocycles. The van der Waals surface area contributed by atoms with Crippen LogP contribution in [0.1, 0.15) is 42.7 Å². The van der Waals surface area contributed by atoms with E-state index in [-0.39, 0.29) is 23.5 Å². The van der Waals surface area contributed by atoms with Crippen molar-refractivity contribution in [3.8, 4) is 22.8 Å². The lowest BCUT2D eigenvalue weighted by atomic mass is 9.98. The molecule has 0 unspecified atom stereocenters. The Bertz CT molecular complexity index is 1300. The minimum atomic E-state index is -0.307. The van der Waals surface area contributed by atoms with Gasteiger partial charge in [0.05, 0.1) is 59.8 Å². The molecule has 0 saturated carbocycles. The van der Waals surface area contributed by atoms with Gasteiger partial charge in [-0.15, -0.1) is 0 Å². The maximum atomic E-state index is 13.1. The number of fused-ring (bicyclic) bond motifs is 1. The maximum Gasteiger partial charge on any atom is 0.255 e. The van der Waals surface area contributed by atoms with Crippen molar-refractivity contribution in [2.45, 2.75) is 38.4 Å². The molecule has 2 aliphatic heterocycles. The number of carbonyl (C=O) groups is 1. The Morgan fingerprint density at radius 2 is 2.14 bits per heavy atom. The molecular formula is C27H31ClN4O5. The van der Waals surface area contributed by atoms with Crippen LogP contribution in [0.2, 0.25) is 5.02 Å². The van der Waals surface area contributed by atoms with Crippen LogP contribution in [-0.2, 0) is 9.47 Å². The van der Waals surface area contributed by atoms with Crippen LogP contribution in [-0.4, -0.2) is 61.1 Å². The number of para-hydroxylation sites is 1. The number of hydrogen-bond acceptors (Lipinski definition) is 7. The number of pyridine rings is 1. The molecule has 1 saturated heterocycles. The van der Waals surface area contributed by atoms with Crippen molar-refractivity contribution in [2.24, 2.45) is 0 Å². The Labute approximate surface area is 220 Å². The molecule has 1 fully saturated rings. The zero-order chi connectivity index (χ0) is 26.2. The first-order chi connectivity index (χ1) is 17.8. The van der Waals surface area contributed by atoms with Gasteiger partial charge >= 0.3 is 0 Å². The van der Waals surface area contributed by atoms with Gasteiger partial charge in [0.25, 0.3) is 5.91 Å². The molecule has 0 radical (unpaired) electrons. The average Bonchev–Trinajstić information content (AvgIpc) is 3.26. The van der Waals surface area contributed by atoms with E-state index in [1.165, 1.54) is 0 Å². The number of aromatic amines is 1. The summed E-state index contributed by atoms with van der Waals surface area (Å²) >= 11 is 6.38. The van der Waals surface area contributed by atoms with Crippen LogP contribution in [0.4, 0.5) is 11.4 Å². The minimum absolute atomic E-state index is 0.0885. The summed E-state index contributed by atoms with van der Waals surface area (Å²) < 4.78 is 23.5. The molecule has 5 rings (SSSR count). The molecule has 3 aromatic rings. The van der Waals surface area contributed by atoms with Crippen molar-refractivity contribution in [1.29, 1.82) is 0 Å². The second kappa shape index (κ2) is 10.2. The fourth-order valence-corrected chi connectivity index (χ4v) is 4.80. The lowest BCUT2D eigenvalue weighted by Crippen LogP contribution is -2.44. The smallest absolute Gasteiger partial charge is 0.255 e. The van der Waals surface area contributed by atoms with E-state index in [0.29, 0.717) is 65.5 Å². The van der Waals surface area contributed by atoms with Crippen LogP contribution >= 0.6 is 11.6 Å². The normalized spacial score (nSPS) is 20.6. The third-order valence-corrected chi connectivity index (χ3v) is 6.85. The molecule has 2 aromatic heterocycles. The van der Waals surface area contributed by atoms with Gasteiger partial charge in [0.15, 0.2) is 5.75 Å². The third kappa shape index (κ3) is 5.12. The molecule has 0 spiro atoms. The largest absolute Gasteiger partial charge is 0.493 e. The molecule has 0 bridgehead atoms. The molecule has 9 nitrogen and oxygen atoms in total. The molecule has 196 valence electrons. The molecule has 3 N–H and O–H groups in total. The molecule has 0 aliphatic carbocycles. The van der Waals surface area contributed by atoms with E-state index in [1.807, 2.05) is 32.0 Å². The second-order valence-electron chi connectivity index (χ2n) is 9.91. The Morgan fingerprint density at radius 1 is 1.30 bits per heavy atom. The van der Waals surface area contributed by atoms with Crippen molar-refractivity contribution in [3.05, 3.63) is 52.9 Å². The maximum absolute atomic E-state index is 13.1. The number of halogens is 1. The SMILES string of the molecule is COc1c(Cl)cccc1Nc1c(-c2ccncc2OC[C@@H]2COC(C)(C)CO2)[nH]c2c1C(=O)NC[C@H]2C. The first-order valence-corrected chi connectivity index (χ1v) is 12.6. The standard InChI is InChI=1S/C27H31ClN4O5/c1-15-10-30-26(33)21-22(15)32-23(24(21)31-19-7-5-6-18(28)25(19)34-4)17-8-9-29-11-20(17)35-12-16-13-37-27(2,3)14-36-16/h5-9,11,15-16,31-32H,10,12-14H2,1-4H3,(H,30,33)/t15-,16-/m1/s1. The fourth-order valence-electron chi connectivity index (χ4n) is 4.54. The summed E-state index contributed by atoms with van der Waals surface area (Å²) in [4.78, 5) is 20.8. The molecule has 2 atom stereocenters. The van der Waals surface area contributed by atoms with E-state index in [2.05, 4.69) is 27.5 Å². The third-order valence-electron chi connectivity index (χ3n) is 6.55. The second-order valence-corrected chi connectivity index (χ2v) is 10.3. The van der Waals surface area contributed by atoms with Gasteiger partial charge in [-0.05, 0) is 32.0 Å². The minimum Gasteiger partial charge on any atom is -0.493 e. The van der Waals surface area contributed by atoms with Crippen molar-refractivity contribution < 1.29 is 23.7 Å². The summed E-state index contributed by atoms with van der Waals surface area (Å²) in [5, 5.41) is 6.85. The van der Waals surface area contributed by atoms with Gasteiger partial charge < -0.3 is 34.6 Å². The first kappa shape index (κ1) is 25.4. The Balaban J connectivity index is 1.53. The van der Waals surface area contributed by atoms with Crippen LogP contribution in [0.15, 0.2) is 36.7 Å². The number of anilines is 2. The average molecular weight is 527 g/mol. The van der Waals surface area contributed by atoms with Crippen LogP contribution in [0.5, 0.6) is 11.5 Å². The van der Waals surface area contributed by atoms with Crippen molar-refractivity contribution >= 4 is 28.9 Å². The predicted octanol–water partition coefficient (Wildman–Crippen LogP) is 4.90. The first-order valence-electron chi connectivity index (χ1n) is 12.2. The van der Waals surface area contributed by atoms with E-state index < -0.39 is 0 Å². The Kier molecular flexibility index (Phi) is 7.02. The zero-order valence-corrected chi connectivity index (χ0v) is 22.1. The number of amides is 1. The van der Waals surface area contributed by atoms with Crippen molar-refractivity contribution in [1.82, 2.24) is 15.3 Å². The Hall–Kier alpha value is -3.27. The highest BCUT2D eigenvalue weighted by Gasteiger charge is 2.33. The van der Waals surface area contributed by atoms with Gasteiger partial charge in [-0.2, -0.15) is 0 Å². The van der Waals surface area contributed by atoms with Crippen molar-refractivity contribution in [2.75, 3.05) is 38.8 Å². The number of carbonyl (C=O) groups excluding carboxylic acids is 1. The zero-order valence-electron chi connectivity index (χ0n) is 21.3. The summed E-state index contributed by atoms with van der Waals surface area (Å²) in [5.41, 5.74) is 3.78. The van der Waals surface area contributed by atoms with E-state index in [1.54, 1.807) is 25.6 Å². The number of hydrogen-bond donors (Lipinski definition) is 3. The van der Waals surface area contributed by atoms with E-state index in [0.717, 1.165) is 11.3 Å². The van der Waals surface area contributed by atoms with Gasteiger partial charge in [0.2, 0.25) is 0 Å². The van der Waals surface area contributed by atoms with Crippen LogP contribution in [0.25, 0.3) is 11.3 Å². The van der Waals surface area contributed by atoms with Crippen LogP contribution < -0.4 is 20.1 Å². The fraction of sp³-hybridized carbons (Fsp3) is 0.407. The van der Waals surface area contributed by atoms with E-state index in [4.69, 9.17) is 30.5 Å². The lowest BCUT2D eigenvalue weighted by molar-refractivity contribution is -0.181. The number of methoxy groups -OCH3 is 1. The number of nitrogens with one attached hydrogen (secondary N) is 3. The molecule has 2 aliphatic rings. The highest BCUT2D eigenvalue weighted by Crippen LogP contribution is 2.44. The molecule has 10 heteroatoms. The predicted molar refractivity (Wildman–Crippen MR) is 141 cm³/mol. The number of benzene rings is 1. The quantitative estimate of drug-likeness (QED) is 0.402. The van der Waals surface area contributed by atoms with Gasteiger partial charge in [-0.1, -0.05) is 24.6 Å². The van der Waals surface area contributed by atoms with Gasteiger partial charge in [-0.3, -0.25) is 9.78 Å². The summed E-state index contributed by atoms with van der Waals surface area (Å²) in [6.45, 7) is 7.84.